The Labute approximate surface area is 265 Å². The van der Waals surface area contributed by atoms with Gasteiger partial charge in [-0.2, -0.15) is 0 Å². The number of hydrogen-bond acceptors (Lipinski definition) is 1. The van der Waals surface area contributed by atoms with Crippen LogP contribution in [0, 0.1) is 0 Å². The zero-order valence-corrected chi connectivity index (χ0v) is 24.9. The predicted octanol–water partition coefficient (Wildman–Crippen LogP) is 11.2. The van der Waals surface area contributed by atoms with E-state index in [0.717, 1.165) is 22.3 Å². The van der Waals surface area contributed by atoms with Crippen LogP contribution in [0.15, 0.2) is 164 Å². The molecule has 0 unspecified atom stereocenters. The normalized spacial score (nSPS) is 11.9. The number of fused-ring (bicyclic) bond motifs is 10. The highest BCUT2D eigenvalue weighted by Gasteiger charge is 2.21. The topological polar surface area (TPSA) is 22.8 Å². The van der Waals surface area contributed by atoms with Crippen LogP contribution in [-0.4, -0.2) is 14.1 Å². The van der Waals surface area contributed by atoms with Crippen molar-refractivity contribution in [2.45, 2.75) is 0 Å². The zero-order chi connectivity index (χ0) is 30.2. The Morgan fingerprint density at radius 3 is 1.65 bits per heavy atom. The van der Waals surface area contributed by atoms with Crippen LogP contribution in [0.5, 0.6) is 0 Å². The van der Waals surface area contributed by atoms with Crippen molar-refractivity contribution >= 4 is 65.3 Å². The third-order valence-corrected chi connectivity index (χ3v) is 9.52. The Balaban J connectivity index is 1.37. The van der Waals surface area contributed by atoms with Crippen LogP contribution in [0.1, 0.15) is 0 Å². The van der Waals surface area contributed by atoms with Crippen molar-refractivity contribution < 1.29 is 0 Å². The lowest BCUT2D eigenvalue weighted by molar-refractivity contribution is 1.16. The fourth-order valence-electron chi connectivity index (χ4n) is 7.47. The van der Waals surface area contributed by atoms with Crippen molar-refractivity contribution in [3.05, 3.63) is 164 Å². The summed E-state index contributed by atoms with van der Waals surface area (Å²) in [5, 5.41) is 8.54. The van der Waals surface area contributed by atoms with Gasteiger partial charge in [0.1, 0.15) is 0 Å². The summed E-state index contributed by atoms with van der Waals surface area (Å²) in [6.45, 7) is 0. The highest BCUT2D eigenvalue weighted by atomic mass is 15.0. The molecular weight excluding hydrogens is 558 g/mol. The van der Waals surface area contributed by atoms with Gasteiger partial charge in [0.15, 0.2) is 0 Å². The summed E-state index contributed by atoms with van der Waals surface area (Å²) in [4.78, 5) is 4.90. The Morgan fingerprint density at radius 2 is 0.957 bits per heavy atom. The Morgan fingerprint density at radius 1 is 0.391 bits per heavy atom. The molecule has 0 aliphatic rings. The van der Waals surface area contributed by atoms with Gasteiger partial charge >= 0.3 is 0 Å². The number of pyridine rings is 1. The van der Waals surface area contributed by atoms with E-state index in [1.165, 1.54) is 65.5 Å². The average molecular weight is 586 g/mol. The number of benzene rings is 7. The number of rotatable bonds is 3. The lowest BCUT2D eigenvalue weighted by Gasteiger charge is -2.14. The van der Waals surface area contributed by atoms with E-state index in [1.807, 2.05) is 12.3 Å². The van der Waals surface area contributed by atoms with E-state index < -0.39 is 0 Å². The molecule has 0 radical (unpaired) electrons. The highest BCUT2D eigenvalue weighted by Crippen LogP contribution is 2.43. The first-order valence-corrected chi connectivity index (χ1v) is 15.7. The van der Waals surface area contributed by atoms with Crippen LogP contribution >= 0.6 is 0 Å². The Hall–Kier alpha value is -6.19. The van der Waals surface area contributed by atoms with E-state index in [0.29, 0.717) is 0 Å². The van der Waals surface area contributed by atoms with Gasteiger partial charge < -0.3 is 9.13 Å². The van der Waals surface area contributed by atoms with Crippen LogP contribution in [0.2, 0.25) is 0 Å². The first-order chi connectivity index (χ1) is 22.8. The largest absolute Gasteiger partial charge is 0.309 e. The molecule has 0 aliphatic heterocycles. The molecule has 0 N–H and O–H groups in total. The maximum absolute atomic E-state index is 4.90. The second-order valence-corrected chi connectivity index (χ2v) is 12.0. The van der Waals surface area contributed by atoms with Gasteiger partial charge in [0.05, 0.1) is 39.5 Å². The van der Waals surface area contributed by atoms with Gasteiger partial charge in [-0.1, -0.05) is 121 Å². The molecule has 0 aliphatic carbocycles. The van der Waals surface area contributed by atoms with Gasteiger partial charge in [0.2, 0.25) is 0 Å². The average Bonchev–Trinajstić information content (AvgIpc) is 3.65. The molecule has 0 saturated carbocycles. The van der Waals surface area contributed by atoms with E-state index in [4.69, 9.17) is 4.98 Å². The summed E-state index contributed by atoms with van der Waals surface area (Å²) in [6.07, 6.45) is 2.02. The summed E-state index contributed by atoms with van der Waals surface area (Å²) in [7, 11) is 0. The molecule has 10 aromatic rings. The fourth-order valence-corrected chi connectivity index (χ4v) is 7.47. The Bertz CT molecular complexity index is 2780. The molecular formula is C43H27N3. The molecule has 46 heavy (non-hydrogen) atoms. The van der Waals surface area contributed by atoms with Crippen molar-refractivity contribution in [1.29, 1.82) is 0 Å². The van der Waals surface area contributed by atoms with Gasteiger partial charge in [0, 0.05) is 38.0 Å². The van der Waals surface area contributed by atoms with Crippen LogP contribution in [0.3, 0.4) is 0 Å². The van der Waals surface area contributed by atoms with E-state index in [2.05, 4.69) is 161 Å². The highest BCUT2D eigenvalue weighted by molar-refractivity contribution is 6.28. The number of nitrogens with zero attached hydrogens (tertiary/aromatic N) is 3. The van der Waals surface area contributed by atoms with Gasteiger partial charge in [-0.25, -0.2) is 0 Å². The summed E-state index contributed by atoms with van der Waals surface area (Å²) in [6, 6.07) is 56.9. The third-order valence-electron chi connectivity index (χ3n) is 9.52. The summed E-state index contributed by atoms with van der Waals surface area (Å²) in [5.74, 6) is 0. The van der Waals surface area contributed by atoms with Crippen LogP contribution in [0.4, 0.5) is 0 Å². The van der Waals surface area contributed by atoms with Crippen molar-refractivity contribution in [3.63, 3.8) is 0 Å². The lowest BCUT2D eigenvalue weighted by Crippen LogP contribution is -1.98. The maximum atomic E-state index is 4.90. The number of aromatic nitrogens is 3. The van der Waals surface area contributed by atoms with E-state index >= 15 is 0 Å². The second-order valence-electron chi connectivity index (χ2n) is 12.0. The standard InChI is InChI=1S/C43H27N3/c1-2-10-28(11-3-1)29-18-22-32(23-19-29)45-39-16-8-5-13-34(39)36-24-20-30-21-25-37-35-14-6-9-17-40(35)46(43(37)41(30)42(36)45)33-26-31-12-4-7-15-38(31)44-27-33/h1-27H. The number of para-hydroxylation sites is 3. The molecule has 0 atom stereocenters. The summed E-state index contributed by atoms with van der Waals surface area (Å²) < 4.78 is 4.88. The maximum Gasteiger partial charge on any atom is 0.0703 e. The SMILES string of the molecule is c1ccc(-c2ccc(-n3c4ccccc4c4ccc5ccc6c7ccccc7n(-c7cnc8ccccc8c7)c6c5c43)cc2)cc1. The minimum absolute atomic E-state index is 0.998. The molecule has 3 heteroatoms. The molecule has 7 aromatic carbocycles. The van der Waals surface area contributed by atoms with Crippen LogP contribution in [0.25, 0.3) is 87.8 Å². The van der Waals surface area contributed by atoms with E-state index in [1.54, 1.807) is 0 Å². The first kappa shape index (κ1) is 25.2. The van der Waals surface area contributed by atoms with E-state index in [-0.39, 0.29) is 0 Å². The number of hydrogen-bond donors (Lipinski definition) is 0. The molecule has 0 bridgehead atoms. The minimum atomic E-state index is 0.998. The molecule has 10 rings (SSSR count). The van der Waals surface area contributed by atoms with Crippen molar-refractivity contribution in [2.75, 3.05) is 0 Å². The fraction of sp³-hybridized carbons (Fsp3) is 0. The molecule has 0 fully saturated rings. The first-order valence-electron chi connectivity index (χ1n) is 15.7. The quantitative estimate of drug-likeness (QED) is 0.202. The van der Waals surface area contributed by atoms with Crippen molar-refractivity contribution in [3.8, 4) is 22.5 Å². The molecule has 0 amide bonds. The summed E-state index contributed by atoms with van der Waals surface area (Å²) in [5.41, 5.74) is 10.4. The van der Waals surface area contributed by atoms with Gasteiger partial charge in [0.25, 0.3) is 0 Å². The smallest absolute Gasteiger partial charge is 0.0703 e. The van der Waals surface area contributed by atoms with Crippen molar-refractivity contribution in [1.82, 2.24) is 14.1 Å². The second kappa shape index (κ2) is 9.65. The molecule has 3 heterocycles. The van der Waals surface area contributed by atoms with Crippen LogP contribution in [-0.2, 0) is 0 Å². The lowest BCUT2D eigenvalue weighted by atomic mass is 10.0. The Kier molecular flexibility index (Phi) is 5.28. The van der Waals surface area contributed by atoms with E-state index in [9.17, 15) is 0 Å². The van der Waals surface area contributed by atoms with Gasteiger partial charge in [-0.05, 0) is 52.9 Å². The third kappa shape index (κ3) is 3.57. The van der Waals surface area contributed by atoms with Gasteiger partial charge in [-0.15, -0.1) is 0 Å². The van der Waals surface area contributed by atoms with Gasteiger partial charge in [-0.3, -0.25) is 4.98 Å². The molecule has 0 spiro atoms. The molecule has 214 valence electrons. The zero-order valence-electron chi connectivity index (χ0n) is 24.9. The monoisotopic (exact) mass is 585 g/mol. The molecule has 3 nitrogen and oxygen atoms in total. The molecule has 3 aromatic heterocycles. The predicted molar refractivity (Wildman–Crippen MR) is 193 cm³/mol. The molecule has 0 saturated heterocycles. The van der Waals surface area contributed by atoms with Crippen molar-refractivity contribution in [2.24, 2.45) is 0 Å². The minimum Gasteiger partial charge on any atom is -0.309 e. The van der Waals surface area contributed by atoms with Crippen LogP contribution < -0.4 is 0 Å². The summed E-state index contributed by atoms with van der Waals surface area (Å²) >= 11 is 0.